The molecule has 5 N–H and O–H groups in total. The molecule has 222 valence electrons. The van der Waals surface area contributed by atoms with Crippen molar-refractivity contribution in [1.82, 2.24) is 19.9 Å². The average Bonchev–Trinajstić information content (AvgIpc) is 3.39. The summed E-state index contributed by atoms with van der Waals surface area (Å²) in [5, 5.41) is 12.5. The molecule has 3 rings (SSSR count). The van der Waals surface area contributed by atoms with Crippen molar-refractivity contribution in [2.45, 2.75) is 31.9 Å². The number of anilines is 1. The van der Waals surface area contributed by atoms with Crippen LogP contribution in [-0.4, -0.2) is 70.1 Å². The molecular formula is C27H36N6O6S2. The summed E-state index contributed by atoms with van der Waals surface area (Å²) in [5.41, 5.74) is 2.36. The molecule has 0 aliphatic rings. The number of carbonyl (C=O) groups is 2. The lowest BCUT2D eigenvalue weighted by molar-refractivity contribution is -0.118. The van der Waals surface area contributed by atoms with Crippen molar-refractivity contribution in [2.24, 2.45) is 5.14 Å². The van der Waals surface area contributed by atoms with Gasteiger partial charge >= 0.3 is 6.09 Å². The molecule has 3 aromatic rings. The number of unbranched alkanes of at least 4 members (excludes halogenated alkanes) is 1. The van der Waals surface area contributed by atoms with Crippen molar-refractivity contribution in [2.75, 3.05) is 39.1 Å². The standard InChI is InChI=1S/C27H36N6O6S2/c1-33(2)16-17-38-22-13-11-21(12-14-22)24-19-40-26(30-24)32-25(34)23(10-6-7-15-29-41(28,36)37)31-27(35)39-18-20-8-4-3-5-9-20/h3-5,8-9,11-14,19,23,29H,6-7,10,15-18H2,1-2H3,(H,31,35)(H2,28,36,37)(H,30,32,34)/t23-/m0/s1. The van der Waals surface area contributed by atoms with Gasteiger partial charge < -0.3 is 25.0 Å². The number of aromatic nitrogens is 1. The summed E-state index contributed by atoms with van der Waals surface area (Å²) >= 11 is 1.26. The first-order valence-corrected chi connectivity index (χ1v) is 15.4. The van der Waals surface area contributed by atoms with Gasteiger partial charge in [-0.2, -0.15) is 8.42 Å². The number of rotatable bonds is 16. The van der Waals surface area contributed by atoms with E-state index in [0.717, 1.165) is 23.4 Å². The maximum atomic E-state index is 13.1. The zero-order chi connectivity index (χ0) is 29.7. The second kappa shape index (κ2) is 16.0. The van der Waals surface area contributed by atoms with E-state index in [9.17, 15) is 18.0 Å². The summed E-state index contributed by atoms with van der Waals surface area (Å²) in [5.74, 6) is 0.290. The molecule has 0 fully saturated rings. The number of hydrogen-bond donors (Lipinski definition) is 4. The van der Waals surface area contributed by atoms with Gasteiger partial charge in [0.25, 0.3) is 10.2 Å². The van der Waals surface area contributed by atoms with Gasteiger partial charge in [-0.1, -0.05) is 30.3 Å². The molecule has 0 bridgehead atoms. The van der Waals surface area contributed by atoms with Crippen LogP contribution >= 0.6 is 11.3 Å². The molecule has 0 saturated carbocycles. The lowest BCUT2D eigenvalue weighted by Gasteiger charge is -2.17. The molecule has 0 unspecified atom stereocenters. The van der Waals surface area contributed by atoms with E-state index in [-0.39, 0.29) is 19.6 Å². The third kappa shape index (κ3) is 12.2. The molecule has 0 aliphatic heterocycles. The Morgan fingerprint density at radius 2 is 1.80 bits per heavy atom. The number of alkyl carbamates (subject to hydrolysis) is 1. The van der Waals surface area contributed by atoms with Crippen molar-refractivity contribution in [3.8, 4) is 17.0 Å². The topological polar surface area (TPSA) is 165 Å². The van der Waals surface area contributed by atoms with Crippen LogP contribution in [-0.2, 0) is 26.3 Å². The fraction of sp³-hybridized carbons (Fsp3) is 0.370. The van der Waals surface area contributed by atoms with E-state index in [4.69, 9.17) is 14.6 Å². The number of amides is 2. The molecule has 1 aromatic heterocycles. The molecule has 1 heterocycles. The van der Waals surface area contributed by atoms with Gasteiger partial charge in [0.2, 0.25) is 5.91 Å². The van der Waals surface area contributed by atoms with Gasteiger partial charge in [0.15, 0.2) is 5.13 Å². The van der Waals surface area contributed by atoms with Crippen LogP contribution in [0.2, 0.25) is 0 Å². The highest BCUT2D eigenvalue weighted by Gasteiger charge is 2.22. The summed E-state index contributed by atoms with van der Waals surface area (Å²) in [6.07, 6.45) is 0.346. The number of carbonyl (C=O) groups excluding carboxylic acids is 2. The number of thiazole rings is 1. The fourth-order valence-corrected chi connectivity index (χ4v) is 4.74. The molecule has 2 amide bonds. The molecule has 0 spiro atoms. The Balaban J connectivity index is 1.58. The predicted molar refractivity (Wildman–Crippen MR) is 159 cm³/mol. The van der Waals surface area contributed by atoms with Crippen molar-refractivity contribution < 1.29 is 27.5 Å². The van der Waals surface area contributed by atoms with Crippen LogP contribution in [0.1, 0.15) is 24.8 Å². The normalized spacial score (nSPS) is 12.1. The molecule has 41 heavy (non-hydrogen) atoms. The number of likely N-dealkylation sites (N-methyl/N-ethyl adjacent to an activating group) is 1. The van der Waals surface area contributed by atoms with Crippen molar-refractivity contribution in [3.63, 3.8) is 0 Å². The third-order valence-electron chi connectivity index (χ3n) is 5.74. The van der Waals surface area contributed by atoms with Gasteiger partial charge in [0, 0.05) is 24.0 Å². The minimum absolute atomic E-state index is 0.0502. The van der Waals surface area contributed by atoms with Crippen molar-refractivity contribution >= 4 is 38.7 Å². The maximum absolute atomic E-state index is 13.1. The second-order valence-corrected chi connectivity index (χ2v) is 11.6. The summed E-state index contributed by atoms with van der Waals surface area (Å²) in [6.45, 7) is 1.55. The lowest BCUT2D eigenvalue weighted by Crippen LogP contribution is -2.44. The first kappa shape index (κ1) is 32.0. The summed E-state index contributed by atoms with van der Waals surface area (Å²) in [7, 11) is 0.165. The Morgan fingerprint density at radius 1 is 1.07 bits per heavy atom. The maximum Gasteiger partial charge on any atom is 0.408 e. The zero-order valence-corrected chi connectivity index (χ0v) is 24.7. The van der Waals surface area contributed by atoms with Gasteiger partial charge in [-0.3, -0.25) is 4.79 Å². The molecule has 14 heteroatoms. The van der Waals surface area contributed by atoms with Crippen molar-refractivity contribution in [3.05, 3.63) is 65.5 Å². The Kier molecular flexibility index (Phi) is 12.5. The molecular weight excluding hydrogens is 568 g/mol. The first-order chi connectivity index (χ1) is 19.6. The van der Waals surface area contributed by atoms with E-state index in [1.807, 2.05) is 79.0 Å². The lowest BCUT2D eigenvalue weighted by atomic mass is 10.1. The zero-order valence-electron chi connectivity index (χ0n) is 23.0. The quantitative estimate of drug-likeness (QED) is 0.181. The van der Waals surface area contributed by atoms with E-state index in [2.05, 4.69) is 20.3 Å². The van der Waals surface area contributed by atoms with Gasteiger partial charge in [0.05, 0.1) is 5.69 Å². The predicted octanol–water partition coefficient (Wildman–Crippen LogP) is 2.95. The third-order valence-corrected chi connectivity index (χ3v) is 7.10. The Bertz CT molecular complexity index is 1350. The van der Waals surface area contributed by atoms with Gasteiger partial charge in [-0.05, 0) is 63.2 Å². The second-order valence-electron chi connectivity index (χ2n) is 9.40. The van der Waals surface area contributed by atoms with Crippen molar-refractivity contribution in [1.29, 1.82) is 0 Å². The van der Waals surface area contributed by atoms with Gasteiger partial charge in [-0.15, -0.1) is 11.3 Å². The van der Waals surface area contributed by atoms with Crippen LogP contribution in [0.25, 0.3) is 11.3 Å². The highest BCUT2D eigenvalue weighted by Crippen LogP contribution is 2.26. The van der Waals surface area contributed by atoms with E-state index >= 15 is 0 Å². The summed E-state index contributed by atoms with van der Waals surface area (Å²) in [6, 6.07) is 15.8. The highest BCUT2D eigenvalue weighted by atomic mass is 32.2. The minimum atomic E-state index is -3.80. The Morgan fingerprint density at radius 3 is 2.49 bits per heavy atom. The van der Waals surface area contributed by atoms with E-state index in [1.165, 1.54) is 11.3 Å². The largest absolute Gasteiger partial charge is 0.492 e. The van der Waals surface area contributed by atoms with Crippen LogP contribution < -0.4 is 25.2 Å². The molecule has 0 aliphatic carbocycles. The molecule has 1 atom stereocenters. The number of hydrogen-bond acceptors (Lipinski definition) is 9. The number of ether oxygens (including phenoxy) is 2. The number of nitrogens with one attached hydrogen (secondary N) is 3. The van der Waals surface area contributed by atoms with Crippen LogP contribution in [0.4, 0.5) is 9.93 Å². The number of benzene rings is 2. The summed E-state index contributed by atoms with van der Waals surface area (Å²) < 4.78 is 35.4. The summed E-state index contributed by atoms with van der Waals surface area (Å²) in [4.78, 5) is 32.1. The number of nitrogens with zero attached hydrogens (tertiary/aromatic N) is 2. The SMILES string of the molecule is CN(C)CCOc1ccc(-c2csc(NC(=O)[C@H](CCCCNS(N)(=O)=O)NC(=O)OCc3ccccc3)n2)cc1. The number of nitrogens with two attached hydrogens (primary N) is 1. The minimum Gasteiger partial charge on any atom is -0.492 e. The van der Waals surface area contributed by atoms with Crippen LogP contribution in [0.15, 0.2) is 60.0 Å². The first-order valence-electron chi connectivity index (χ1n) is 13.0. The Labute approximate surface area is 244 Å². The van der Waals surface area contributed by atoms with E-state index in [1.54, 1.807) is 0 Å². The fourth-order valence-electron chi connectivity index (χ4n) is 3.59. The van der Waals surface area contributed by atoms with Crippen LogP contribution in [0, 0.1) is 0 Å². The van der Waals surface area contributed by atoms with Gasteiger partial charge in [-0.25, -0.2) is 19.6 Å². The molecule has 0 saturated heterocycles. The molecule has 12 nitrogen and oxygen atoms in total. The van der Waals surface area contributed by atoms with Crippen LogP contribution in [0.5, 0.6) is 5.75 Å². The average molecular weight is 605 g/mol. The highest BCUT2D eigenvalue weighted by molar-refractivity contribution is 7.87. The Hall–Kier alpha value is -3.56. The smallest absolute Gasteiger partial charge is 0.408 e. The van der Waals surface area contributed by atoms with Gasteiger partial charge in [0.1, 0.15) is 25.0 Å². The molecule has 2 aromatic carbocycles. The van der Waals surface area contributed by atoms with Crippen LogP contribution in [0.3, 0.4) is 0 Å². The molecule has 0 radical (unpaired) electrons. The van der Waals surface area contributed by atoms with E-state index < -0.39 is 28.3 Å². The monoisotopic (exact) mass is 604 g/mol. The van der Waals surface area contributed by atoms with E-state index in [0.29, 0.717) is 30.3 Å².